The molecule has 0 aromatic heterocycles. The first kappa shape index (κ1) is 17.7. The summed E-state index contributed by atoms with van der Waals surface area (Å²) in [6.45, 7) is 7.07. The summed E-state index contributed by atoms with van der Waals surface area (Å²) >= 11 is 0. The molecule has 3 aromatic carbocycles. The highest BCUT2D eigenvalue weighted by Crippen LogP contribution is 2.31. The van der Waals surface area contributed by atoms with E-state index in [2.05, 4.69) is 82.6 Å². The summed E-state index contributed by atoms with van der Waals surface area (Å²) in [7, 11) is 0. The Kier molecular flexibility index (Phi) is 4.99. The molecule has 28 heavy (non-hydrogen) atoms. The second-order valence-electron chi connectivity index (χ2n) is 8.20. The Morgan fingerprint density at radius 3 is 2.00 bits per heavy atom. The van der Waals surface area contributed by atoms with Crippen LogP contribution in [0.2, 0.25) is 0 Å². The molecule has 0 amide bonds. The molecule has 2 saturated heterocycles. The smallest absolute Gasteiger partial charge is 0.0240 e. The average molecular weight is 369 g/mol. The molecule has 3 aromatic rings. The lowest BCUT2D eigenvalue weighted by atomic mass is 9.93. The van der Waals surface area contributed by atoms with Gasteiger partial charge in [0.2, 0.25) is 0 Å². The number of rotatable bonds is 6. The molecular formula is C26H28N2. The highest BCUT2D eigenvalue weighted by Gasteiger charge is 2.18. The molecule has 0 spiro atoms. The fourth-order valence-corrected chi connectivity index (χ4v) is 4.23. The predicted octanol–water partition coefficient (Wildman–Crippen LogP) is 5.43. The Balaban J connectivity index is 1.49. The van der Waals surface area contributed by atoms with Gasteiger partial charge in [-0.1, -0.05) is 60.7 Å². The topological polar surface area (TPSA) is 6.48 Å². The van der Waals surface area contributed by atoms with Crippen LogP contribution in [0.4, 0.5) is 0 Å². The van der Waals surface area contributed by atoms with Gasteiger partial charge in [-0.15, -0.1) is 0 Å². The molecule has 0 bridgehead atoms. The van der Waals surface area contributed by atoms with E-state index in [1.54, 1.807) is 0 Å². The normalized spacial score (nSPS) is 17.1. The molecule has 2 heterocycles. The minimum atomic E-state index is 1.05. The molecule has 0 radical (unpaired) electrons. The van der Waals surface area contributed by atoms with Gasteiger partial charge in [-0.3, -0.25) is 9.80 Å². The zero-order valence-corrected chi connectivity index (χ0v) is 16.5. The van der Waals surface area contributed by atoms with E-state index in [4.69, 9.17) is 0 Å². The van der Waals surface area contributed by atoms with E-state index in [0.29, 0.717) is 0 Å². The van der Waals surface area contributed by atoms with Crippen LogP contribution < -0.4 is 0 Å². The van der Waals surface area contributed by atoms with Crippen molar-refractivity contribution in [2.24, 2.45) is 0 Å². The SMILES string of the molecule is c1ccc(-c2ccc(-c3cccc(CN4CCC4)c3)c(CN3CCC3)c2)cc1. The van der Waals surface area contributed by atoms with Crippen molar-refractivity contribution in [2.75, 3.05) is 26.2 Å². The van der Waals surface area contributed by atoms with Crippen LogP contribution in [0.15, 0.2) is 72.8 Å². The molecule has 2 nitrogen and oxygen atoms in total. The van der Waals surface area contributed by atoms with Crippen molar-refractivity contribution in [3.05, 3.63) is 83.9 Å². The standard InChI is InChI=1S/C26H28N2/c1-2-8-22(9-3-1)23-11-12-26(25(18-23)20-28-15-6-16-28)24-10-4-7-21(17-24)19-27-13-5-14-27/h1-4,7-12,17-18H,5-6,13-16,19-20H2. The van der Waals surface area contributed by atoms with Crippen LogP contribution >= 0.6 is 0 Å². The van der Waals surface area contributed by atoms with Crippen LogP contribution in [0.3, 0.4) is 0 Å². The minimum Gasteiger partial charge on any atom is -0.299 e. The fourth-order valence-electron chi connectivity index (χ4n) is 4.23. The summed E-state index contributed by atoms with van der Waals surface area (Å²) in [5, 5.41) is 0. The van der Waals surface area contributed by atoms with Crippen molar-refractivity contribution in [1.82, 2.24) is 9.80 Å². The zero-order valence-electron chi connectivity index (χ0n) is 16.5. The van der Waals surface area contributed by atoms with Gasteiger partial charge in [0.1, 0.15) is 0 Å². The number of hydrogen-bond acceptors (Lipinski definition) is 2. The molecule has 0 N–H and O–H groups in total. The number of likely N-dealkylation sites (tertiary alicyclic amines) is 2. The third-order valence-corrected chi connectivity index (χ3v) is 6.15. The van der Waals surface area contributed by atoms with Crippen molar-refractivity contribution < 1.29 is 0 Å². The van der Waals surface area contributed by atoms with E-state index < -0.39 is 0 Å². The van der Waals surface area contributed by atoms with Gasteiger partial charge in [0.05, 0.1) is 0 Å². The third-order valence-electron chi connectivity index (χ3n) is 6.15. The summed E-state index contributed by atoms with van der Waals surface area (Å²) in [6, 6.07) is 26.9. The van der Waals surface area contributed by atoms with Crippen molar-refractivity contribution in [1.29, 1.82) is 0 Å². The molecule has 0 aliphatic carbocycles. The van der Waals surface area contributed by atoms with E-state index >= 15 is 0 Å². The molecule has 2 aliphatic rings. The molecular weight excluding hydrogens is 340 g/mol. The van der Waals surface area contributed by atoms with Crippen LogP contribution in [0.1, 0.15) is 24.0 Å². The Hall–Kier alpha value is -2.42. The van der Waals surface area contributed by atoms with Crippen molar-refractivity contribution in [2.45, 2.75) is 25.9 Å². The largest absolute Gasteiger partial charge is 0.299 e. The maximum absolute atomic E-state index is 2.55. The average Bonchev–Trinajstić information content (AvgIpc) is 2.68. The first-order valence-electron chi connectivity index (χ1n) is 10.6. The van der Waals surface area contributed by atoms with Gasteiger partial charge in [-0.05, 0) is 84.5 Å². The third kappa shape index (κ3) is 3.76. The second-order valence-corrected chi connectivity index (χ2v) is 8.20. The monoisotopic (exact) mass is 368 g/mol. The van der Waals surface area contributed by atoms with Crippen molar-refractivity contribution in [3.63, 3.8) is 0 Å². The van der Waals surface area contributed by atoms with Crippen LogP contribution in [0.5, 0.6) is 0 Å². The highest BCUT2D eigenvalue weighted by atomic mass is 15.2. The number of nitrogens with zero attached hydrogens (tertiary/aromatic N) is 2. The van der Waals surface area contributed by atoms with E-state index in [1.807, 2.05) is 0 Å². The number of hydrogen-bond donors (Lipinski definition) is 0. The lowest BCUT2D eigenvalue weighted by Gasteiger charge is -2.32. The lowest BCUT2D eigenvalue weighted by Crippen LogP contribution is -2.36. The summed E-state index contributed by atoms with van der Waals surface area (Å²) in [5.74, 6) is 0. The van der Waals surface area contributed by atoms with Gasteiger partial charge in [-0.25, -0.2) is 0 Å². The fraction of sp³-hybridized carbons (Fsp3) is 0.308. The van der Waals surface area contributed by atoms with Gasteiger partial charge in [0.25, 0.3) is 0 Å². The molecule has 0 saturated carbocycles. The van der Waals surface area contributed by atoms with Crippen LogP contribution in [0.25, 0.3) is 22.3 Å². The summed E-state index contributed by atoms with van der Waals surface area (Å²) in [4.78, 5) is 5.08. The van der Waals surface area contributed by atoms with Gasteiger partial charge in [0.15, 0.2) is 0 Å². The lowest BCUT2D eigenvalue weighted by molar-refractivity contribution is 0.172. The van der Waals surface area contributed by atoms with Crippen LogP contribution in [-0.2, 0) is 13.1 Å². The van der Waals surface area contributed by atoms with E-state index in [0.717, 1.165) is 13.1 Å². The van der Waals surface area contributed by atoms with E-state index in [9.17, 15) is 0 Å². The second kappa shape index (κ2) is 7.90. The quantitative estimate of drug-likeness (QED) is 0.572. The number of benzene rings is 3. The van der Waals surface area contributed by atoms with Gasteiger partial charge in [-0.2, -0.15) is 0 Å². The molecule has 0 unspecified atom stereocenters. The van der Waals surface area contributed by atoms with Crippen molar-refractivity contribution >= 4 is 0 Å². The molecule has 2 heteroatoms. The summed E-state index contributed by atoms with van der Waals surface area (Å²) < 4.78 is 0. The predicted molar refractivity (Wildman–Crippen MR) is 117 cm³/mol. The van der Waals surface area contributed by atoms with Gasteiger partial charge >= 0.3 is 0 Å². The Bertz CT molecular complexity index is 940. The minimum absolute atomic E-state index is 1.05. The maximum Gasteiger partial charge on any atom is 0.0240 e. The zero-order chi connectivity index (χ0) is 18.8. The first-order chi connectivity index (χ1) is 13.8. The van der Waals surface area contributed by atoms with Gasteiger partial charge in [0, 0.05) is 13.1 Å². The van der Waals surface area contributed by atoms with Gasteiger partial charge < -0.3 is 0 Å². The van der Waals surface area contributed by atoms with E-state index in [-0.39, 0.29) is 0 Å². The molecule has 142 valence electrons. The maximum atomic E-state index is 2.55. The highest BCUT2D eigenvalue weighted by molar-refractivity contribution is 5.74. The Labute approximate surface area is 168 Å². The van der Waals surface area contributed by atoms with E-state index in [1.165, 1.54) is 72.4 Å². The van der Waals surface area contributed by atoms with Crippen LogP contribution in [-0.4, -0.2) is 36.0 Å². The van der Waals surface area contributed by atoms with Crippen molar-refractivity contribution in [3.8, 4) is 22.3 Å². The molecule has 5 rings (SSSR count). The summed E-state index contributed by atoms with van der Waals surface area (Å²) in [5.41, 5.74) is 8.23. The molecule has 2 fully saturated rings. The summed E-state index contributed by atoms with van der Waals surface area (Å²) in [6.07, 6.45) is 2.68. The first-order valence-corrected chi connectivity index (χ1v) is 10.6. The Morgan fingerprint density at radius 1 is 0.571 bits per heavy atom. The molecule has 0 atom stereocenters. The van der Waals surface area contributed by atoms with Crippen LogP contribution in [0, 0.1) is 0 Å². The molecule has 2 aliphatic heterocycles. The Morgan fingerprint density at radius 2 is 1.29 bits per heavy atom.